The topological polar surface area (TPSA) is 41.6 Å². The van der Waals surface area contributed by atoms with Gasteiger partial charge in [-0.3, -0.25) is 5.10 Å². The van der Waals surface area contributed by atoms with Crippen LogP contribution in [0.2, 0.25) is 0 Å². The number of aromatic amines is 1. The van der Waals surface area contributed by atoms with Gasteiger partial charge in [-0.2, -0.15) is 0 Å². The second-order valence-electron chi connectivity index (χ2n) is 1.89. The SMILES string of the molecule is CCC[CH]c1c[nH]nn1. The first kappa shape index (κ1) is 6.26. The molecule has 0 saturated carbocycles. The summed E-state index contributed by atoms with van der Waals surface area (Å²) in [6, 6.07) is 0. The minimum atomic E-state index is 0.942. The van der Waals surface area contributed by atoms with E-state index in [0.717, 1.165) is 18.5 Å². The summed E-state index contributed by atoms with van der Waals surface area (Å²) in [5, 5.41) is 10.0. The fourth-order valence-electron chi connectivity index (χ4n) is 0.602. The van der Waals surface area contributed by atoms with Crippen LogP contribution in [-0.2, 0) is 0 Å². The molecule has 0 aliphatic carbocycles. The van der Waals surface area contributed by atoms with E-state index in [1.54, 1.807) is 6.20 Å². The molecule has 3 nitrogen and oxygen atoms in total. The molecule has 0 bridgehead atoms. The minimum Gasteiger partial charge on any atom is -0.265 e. The highest BCUT2D eigenvalue weighted by atomic mass is 15.3. The predicted molar refractivity (Wildman–Crippen MR) is 34.7 cm³/mol. The standard InChI is InChI=1S/C6H10N3/c1-2-3-4-6-5-7-9-8-6/h4-5H,2-3H2,1H3,(H,7,8,9). The molecule has 1 heterocycles. The summed E-state index contributed by atoms with van der Waals surface area (Å²) < 4.78 is 0. The van der Waals surface area contributed by atoms with Gasteiger partial charge in [-0.15, -0.1) is 5.10 Å². The molecule has 0 aromatic carbocycles. The predicted octanol–water partition coefficient (Wildman–Crippen LogP) is 1.16. The zero-order valence-electron chi connectivity index (χ0n) is 5.46. The number of nitrogens with one attached hydrogen (secondary N) is 1. The zero-order chi connectivity index (χ0) is 6.53. The van der Waals surface area contributed by atoms with Crippen molar-refractivity contribution < 1.29 is 0 Å². The fraction of sp³-hybridized carbons (Fsp3) is 0.500. The molecule has 49 valence electrons. The van der Waals surface area contributed by atoms with Gasteiger partial charge in [0.05, 0.1) is 5.69 Å². The summed E-state index contributed by atoms with van der Waals surface area (Å²) in [6.45, 7) is 2.14. The molecule has 1 aromatic rings. The van der Waals surface area contributed by atoms with E-state index < -0.39 is 0 Å². The third-order valence-corrected chi connectivity index (χ3v) is 1.08. The van der Waals surface area contributed by atoms with Crippen molar-refractivity contribution in [3.8, 4) is 0 Å². The quantitative estimate of drug-likeness (QED) is 0.656. The second kappa shape index (κ2) is 3.22. The largest absolute Gasteiger partial charge is 0.265 e. The van der Waals surface area contributed by atoms with Crippen molar-refractivity contribution >= 4 is 0 Å². The monoisotopic (exact) mass is 124 g/mol. The maximum Gasteiger partial charge on any atom is 0.0861 e. The molecule has 3 heteroatoms. The molecule has 0 aliphatic heterocycles. The highest BCUT2D eigenvalue weighted by Gasteiger charge is 1.92. The van der Waals surface area contributed by atoms with Crippen molar-refractivity contribution in [3.63, 3.8) is 0 Å². The van der Waals surface area contributed by atoms with Crippen molar-refractivity contribution in [2.45, 2.75) is 19.8 Å². The molecule has 0 saturated heterocycles. The van der Waals surface area contributed by atoms with Crippen LogP contribution in [0.4, 0.5) is 0 Å². The molecule has 0 spiro atoms. The lowest BCUT2D eigenvalue weighted by atomic mass is 10.2. The van der Waals surface area contributed by atoms with E-state index in [2.05, 4.69) is 28.8 Å². The molecule has 0 amide bonds. The Labute approximate surface area is 54.5 Å². The molecular formula is C6H10N3. The van der Waals surface area contributed by atoms with E-state index >= 15 is 0 Å². The van der Waals surface area contributed by atoms with E-state index in [9.17, 15) is 0 Å². The van der Waals surface area contributed by atoms with Crippen LogP contribution >= 0.6 is 0 Å². The number of nitrogens with zero attached hydrogens (tertiary/aromatic N) is 2. The van der Waals surface area contributed by atoms with Crippen LogP contribution in [0.15, 0.2) is 6.20 Å². The summed E-state index contributed by atoms with van der Waals surface area (Å²) in [4.78, 5) is 0. The van der Waals surface area contributed by atoms with Crippen LogP contribution in [0.1, 0.15) is 25.5 Å². The van der Waals surface area contributed by atoms with Crippen LogP contribution in [0, 0.1) is 6.42 Å². The Kier molecular flexibility index (Phi) is 2.24. The molecule has 9 heavy (non-hydrogen) atoms. The number of hydrogen-bond acceptors (Lipinski definition) is 2. The second-order valence-corrected chi connectivity index (χ2v) is 1.89. The van der Waals surface area contributed by atoms with Crippen LogP contribution in [0.5, 0.6) is 0 Å². The summed E-state index contributed by atoms with van der Waals surface area (Å²) in [7, 11) is 0. The van der Waals surface area contributed by atoms with Crippen LogP contribution in [0.25, 0.3) is 0 Å². The first-order chi connectivity index (χ1) is 4.43. The van der Waals surface area contributed by atoms with E-state index in [4.69, 9.17) is 0 Å². The highest BCUT2D eigenvalue weighted by Crippen LogP contribution is 1.99. The van der Waals surface area contributed by atoms with Crippen LogP contribution < -0.4 is 0 Å². The summed E-state index contributed by atoms with van der Waals surface area (Å²) >= 11 is 0. The van der Waals surface area contributed by atoms with Crippen molar-refractivity contribution in [1.82, 2.24) is 15.4 Å². The molecule has 0 unspecified atom stereocenters. The number of hydrogen-bond donors (Lipinski definition) is 1. The lowest BCUT2D eigenvalue weighted by molar-refractivity contribution is 0.882. The Morgan fingerprint density at radius 3 is 3.22 bits per heavy atom. The average Bonchev–Trinajstić information content (AvgIpc) is 2.34. The van der Waals surface area contributed by atoms with Gasteiger partial charge in [0.25, 0.3) is 0 Å². The summed E-state index contributed by atoms with van der Waals surface area (Å²) in [6.07, 6.45) is 6.08. The van der Waals surface area contributed by atoms with Crippen molar-refractivity contribution in [3.05, 3.63) is 18.3 Å². The first-order valence-electron chi connectivity index (χ1n) is 3.13. The molecule has 1 radical (unpaired) electrons. The number of unbranched alkanes of at least 4 members (excludes halogenated alkanes) is 1. The highest BCUT2D eigenvalue weighted by molar-refractivity contribution is 5.03. The van der Waals surface area contributed by atoms with Gasteiger partial charge in [0, 0.05) is 12.6 Å². The van der Waals surface area contributed by atoms with E-state index in [1.165, 1.54) is 0 Å². The smallest absolute Gasteiger partial charge is 0.0861 e. The van der Waals surface area contributed by atoms with Crippen molar-refractivity contribution in [2.75, 3.05) is 0 Å². The van der Waals surface area contributed by atoms with Gasteiger partial charge in [-0.05, 0) is 6.42 Å². The molecule has 0 fully saturated rings. The van der Waals surface area contributed by atoms with Gasteiger partial charge < -0.3 is 0 Å². The van der Waals surface area contributed by atoms with Crippen molar-refractivity contribution in [1.29, 1.82) is 0 Å². The fourth-order valence-corrected chi connectivity index (χ4v) is 0.602. The Hall–Kier alpha value is -0.860. The van der Waals surface area contributed by atoms with Gasteiger partial charge in [0.15, 0.2) is 0 Å². The Balaban J connectivity index is 2.30. The van der Waals surface area contributed by atoms with Gasteiger partial charge in [0.1, 0.15) is 0 Å². The van der Waals surface area contributed by atoms with Gasteiger partial charge in [0.2, 0.25) is 0 Å². The van der Waals surface area contributed by atoms with E-state index in [1.807, 2.05) is 0 Å². The molecule has 1 N–H and O–H groups in total. The lowest BCUT2D eigenvalue weighted by Crippen LogP contribution is -1.79. The number of rotatable bonds is 3. The van der Waals surface area contributed by atoms with E-state index in [0.29, 0.717) is 0 Å². The summed E-state index contributed by atoms with van der Waals surface area (Å²) in [5.74, 6) is 0. The number of H-pyrrole nitrogens is 1. The Morgan fingerprint density at radius 2 is 2.67 bits per heavy atom. The number of aromatic nitrogens is 3. The van der Waals surface area contributed by atoms with E-state index in [-0.39, 0.29) is 0 Å². The maximum absolute atomic E-state index is 3.79. The van der Waals surface area contributed by atoms with Gasteiger partial charge >= 0.3 is 0 Å². The molecular weight excluding hydrogens is 114 g/mol. The first-order valence-corrected chi connectivity index (χ1v) is 3.13. The Bertz CT molecular complexity index is 145. The zero-order valence-corrected chi connectivity index (χ0v) is 5.46. The van der Waals surface area contributed by atoms with Crippen LogP contribution in [-0.4, -0.2) is 15.4 Å². The molecule has 0 atom stereocenters. The molecule has 1 aromatic heterocycles. The van der Waals surface area contributed by atoms with Gasteiger partial charge in [-0.25, -0.2) is 0 Å². The third-order valence-electron chi connectivity index (χ3n) is 1.08. The van der Waals surface area contributed by atoms with Crippen LogP contribution in [0.3, 0.4) is 0 Å². The Morgan fingerprint density at radius 1 is 1.78 bits per heavy atom. The molecule has 1 rings (SSSR count). The normalized spacial score (nSPS) is 9.89. The molecule has 0 aliphatic rings. The third kappa shape index (κ3) is 1.83. The maximum atomic E-state index is 3.79. The minimum absolute atomic E-state index is 0.942. The lowest BCUT2D eigenvalue weighted by Gasteiger charge is -1.87. The average molecular weight is 124 g/mol. The van der Waals surface area contributed by atoms with Crippen molar-refractivity contribution in [2.24, 2.45) is 0 Å². The summed E-state index contributed by atoms with van der Waals surface area (Å²) in [5.41, 5.74) is 0.942. The van der Waals surface area contributed by atoms with Gasteiger partial charge in [-0.1, -0.05) is 18.6 Å².